The van der Waals surface area contributed by atoms with E-state index in [1.165, 1.54) is 0 Å². The van der Waals surface area contributed by atoms with Crippen molar-refractivity contribution in [2.24, 2.45) is 0 Å². The molecule has 0 aliphatic heterocycles. The van der Waals surface area contributed by atoms with Gasteiger partial charge in [0, 0.05) is 12.1 Å². The third kappa shape index (κ3) is 3.06. The highest BCUT2D eigenvalue weighted by atomic mass is 16.3. The molecule has 0 saturated heterocycles. The number of aliphatic hydroxyl groups excluding tert-OH is 1. The molecule has 0 fully saturated rings. The third-order valence-corrected chi connectivity index (χ3v) is 2.27. The average molecular weight is 207 g/mol. The van der Waals surface area contributed by atoms with Crippen LogP contribution < -0.4 is 5.32 Å². The summed E-state index contributed by atoms with van der Waals surface area (Å²) in [5.41, 5.74) is 2.62. The number of hydrogen-bond acceptors (Lipinski definition) is 2. The molecule has 1 amide bonds. The van der Waals surface area contributed by atoms with Crippen molar-refractivity contribution in [3.05, 3.63) is 34.9 Å². The second kappa shape index (κ2) is 4.94. The molecule has 1 aromatic rings. The third-order valence-electron chi connectivity index (χ3n) is 2.27. The van der Waals surface area contributed by atoms with E-state index in [0.717, 1.165) is 11.1 Å². The van der Waals surface area contributed by atoms with Crippen LogP contribution in [0.2, 0.25) is 0 Å². The Balaban J connectivity index is 2.82. The van der Waals surface area contributed by atoms with Gasteiger partial charge in [0.1, 0.15) is 0 Å². The highest BCUT2D eigenvalue weighted by molar-refractivity contribution is 5.97. The minimum absolute atomic E-state index is 0.119. The lowest BCUT2D eigenvalue weighted by Crippen LogP contribution is -2.31. The summed E-state index contributed by atoms with van der Waals surface area (Å²) in [5, 5.41) is 11.8. The largest absolute Gasteiger partial charge is 0.392 e. The lowest BCUT2D eigenvalue weighted by molar-refractivity contribution is 0.0923. The first-order chi connectivity index (χ1) is 7.02. The van der Waals surface area contributed by atoms with Crippen molar-refractivity contribution in [1.82, 2.24) is 5.32 Å². The van der Waals surface area contributed by atoms with Crippen molar-refractivity contribution in [3.8, 4) is 0 Å². The van der Waals surface area contributed by atoms with Crippen LogP contribution in [0, 0.1) is 13.8 Å². The van der Waals surface area contributed by atoms with E-state index in [-0.39, 0.29) is 12.5 Å². The lowest BCUT2D eigenvalue weighted by Gasteiger charge is -2.11. The van der Waals surface area contributed by atoms with Gasteiger partial charge < -0.3 is 10.4 Å². The van der Waals surface area contributed by atoms with Gasteiger partial charge in [0.2, 0.25) is 0 Å². The Kier molecular flexibility index (Phi) is 3.86. The lowest BCUT2D eigenvalue weighted by atomic mass is 10.0. The van der Waals surface area contributed by atoms with E-state index in [4.69, 9.17) is 5.11 Å². The molecule has 0 aliphatic carbocycles. The average Bonchev–Trinajstić information content (AvgIpc) is 2.14. The monoisotopic (exact) mass is 207 g/mol. The first kappa shape index (κ1) is 11.7. The number of rotatable bonds is 3. The zero-order valence-corrected chi connectivity index (χ0v) is 9.37. The van der Waals surface area contributed by atoms with E-state index in [1.54, 1.807) is 6.92 Å². The highest BCUT2D eigenvalue weighted by Gasteiger charge is 2.11. The van der Waals surface area contributed by atoms with Gasteiger partial charge in [-0.3, -0.25) is 4.79 Å². The second-order valence-electron chi connectivity index (χ2n) is 3.83. The van der Waals surface area contributed by atoms with E-state index < -0.39 is 6.10 Å². The van der Waals surface area contributed by atoms with Crippen LogP contribution in [-0.2, 0) is 0 Å². The van der Waals surface area contributed by atoms with E-state index in [2.05, 4.69) is 5.32 Å². The van der Waals surface area contributed by atoms with Crippen molar-refractivity contribution < 1.29 is 9.90 Å². The summed E-state index contributed by atoms with van der Waals surface area (Å²) in [6, 6.07) is 5.74. The van der Waals surface area contributed by atoms with E-state index in [9.17, 15) is 4.79 Å². The molecule has 1 aromatic carbocycles. The molecule has 15 heavy (non-hydrogen) atoms. The van der Waals surface area contributed by atoms with Crippen LogP contribution >= 0.6 is 0 Å². The van der Waals surface area contributed by atoms with Gasteiger partial charge in [-0.15, -0.1) is 0 Å². The molecule has 3 nitrogen and oxygen atoms in total. The smallest absolute Gasteiger partial charge is 0.251 e. The molecule has 0 spiro atoms. The summed E-state index contributed by atoms with van der Waals surface area (Å²) in [6.07, 6.45) is -0.515. The van der Waals surface area contributed by atoms with E-state index in [1.807, 2.05) is 32.0 Å². The molecule has 0 bridgehead atoms. The quantitative estimate of drug-likeness (QED) is 0.787. The molecular formula is C12H17NO2. The minimum atomic E-state index is -0.515. The summed E-state index contributed by atoms with van der Waals surface area (Å²) in [7, 11) is 0. The predicted octanol–water partition coefficient (Wildman–Crippen LogP) is 1.41. The van der Waals surface area contributed by atoms with Crippen LogP contribution in [0.3, 0.4) is 0 Å². The Hall–Kier alpha value is -1.35. The number of hydrogen-bond donors (Lipinski definition) is 2. The Morgan fingerprint density at radius 2 is 1.93 bits per heavy atom. The van der Waals surface area contributed by atoms with Gasteiger partial charge in [-0.05, 0) is 31.9 Å². The summed E-state index contributed by atoms with van der Waals surface area (Å²) in [6.45, 7) is 5.74. The maximum absolute atomic E-state index is 11.8. The Labute approximate surface area is 90.1 Å². The molecule has 2 N–H and O–H groups in total. The molecule has 1 atom stereocenters. The number of carbonyl (C=O) groups is 1. The minimum Gasteiger partial charge on any atom is -0.392 e. The van der Waals surface area contributed by atoms with Crippen LogP contribution in [0.15, 0.2) is 18.2 Å². The summed E-state index contributed by atoms with van der Waals surface area (Å²) in [5.74, 6) is -0.119. The maximum Gasteiger partial charge on any atom is 0.251 e. The molecule has 3 heteroatoms. The molecule has 0 radical (unpaired) electrons. The molecule has 1 rings (SSSR count). The summed E-state index contributed by atoms with van der Waals surface area (Å²) < 4.78 is 0. The zero-order chi connectivity index (χ0) is 11.4. The number of benzene rings is 1. The fraction of sp³-hybridized carbons (Fsp3) is 0.417. The van der Waals surface area contributed by atoms with Crippen LogP contribution in [0.1, 0.15) is 28.4 Å². The number of aliphatic hydroxyl groups is 1. The van der Waals surface area contributed by atoms with Gasteiger partial charge in [0.25, 0.3) is 5.91 Å². The number of carbonyl (C=O) groups excluding carboxylic acids is 1. The Morgan fingerprint density at radius 1 is 1.40 bits per heavy atom. The normalized spacial score (nSPS) is 12.3. The number of amides is 1. The predicted molar refractivity (Wildman–Crippen MR) is 59.9 cm³/mol. The highest BCUT2D eigenvalue weighted by Crippen LogP contribution is 2.12. The standard InChI is InChI=1S/C12H17NO2/c1-8-5-4-6-9(2)11(8)12(15)13-7-10(3)14/h4-6,10,14H,7H2,1-3H3,(H,13,15)/t10-/m1/s1. The molecule has 0 aliphatic rings. The first-order valence-corrected chi connectivity index (χ1v) is 5.05. The van der Waals surface area contributed by atoms with Crippen LogP contribution in [-0.4, -0.2) is 23.7 Å². The van der Waals surface area contributed by atoms with Gasteiger partial charge in [-0.25, -0.2) is 0 Å². The van der Waals surface area contributed by atoms with Gasteiger partial charge in [0.05, 0.1) is 6.10 Å². The summed E-state index contributed by atoms with van der Waals surface area (Å²) >= 11 is 0. The fourth-order valence-electron chi connectivity index (χ4n) is 1.50. The van der Waals surface area contributed by atoms with Crippen LogP contribution in [0.5, 0.6) is 0 Å². The Morgan fingerprint density at radius 3 is 2.40 bits per heavy atom. The van der Waals surface area contributed by atoms with E-state index >= 15 is 0 Å². The second-order valence-corrected chi connectivity index (χ2v) is 3.83. The SMILES string of the molecule is Cc1cccc(C)c1C(=O)NC[C@@H](C)O. The van der Waals surface area contributed by atoms with Gasteiger partial charge in [-0.2, -0.15) is 0 Å². The van der Waals surface area contributed by atoms with Crippen molar-refractivity contribution in [2.75, 3.05) is 6.54 Å². The molecule has 82 valence electrons. The van der Waals surface area contributed by atoms with Crippen LogP contribution in [0.4, 0.5) is 0 Å². The fourth-order valence-corrected chi connectivity index (χ4v) is 1.50. The van der Waals surface area contributed by atoms with E-state index in [0.29, 0.717) is 5.56 Å². The first-order valence-electron chi connectivity index (χ1n) is 5.05. The Bertz CT molecular complexity index is 338. The molecule has 0 heterocycles. The van der Waals surface area contributed by atoms with Crippen LogP contribution in [0.25, 0.3) is 0 Å². The summed E-state index contributed by atoms with van der Waals surface area (Å²) in [4.78, 5) is 11.8. The van der Waals surface area contributed by atoms with Crippen molar-refractivity contribution in [3.63, 3.8) is 0 Å². The van der Waals surface area contributed by atoms with Crippen molar-refractivity contribution >= 4 is 5.91 Å². The number of aryl methyl sites for hydroxylation is 2. The van der Waals surface area contributed by atoms with Gasteiger partial charge in [-0.1, -0.05) is 18.2 Å². The maximum atomic E-state index is 11.8. The molecule has 0 saturated carbocycles. The van der Waals surface area contributed by atoms with Gasteiger partial charge in [0.15, 0.2) is 0 Å². The van der Waals surface area contributed by atoms with Crippen molar-refractivity contribution in [1.29, 1.82) is 0 Å². The zero-order valence-electron chi connectivity index (χ0n) is 9.37. The van der Waals surface area contributed by atoms with Gasteiger partial charge >= 0.3 is 0 Å². The number of nitrogens with one attached hydrogen (secondary N) is 1. The molecule has 0 unspecified atom stereocenters. The van der Waals surface area contributed by atoms with Crippen molar-refractivity contribution in [2.45, 2.75) is 26.9 Å². The molecule has 0 aromatic heterocycles. The topological polar surface area (TPSA) is 49.3 Å². The molecular weight excluding hydrogens is 190 g/mol.